The van der Waals surface area contributed by atoms with Gasteiger partial charge in [-0.3, -0.25) is 4.79 Å². The minimum Gasteiger partial charge on any atom is -0.478 e. The van der Waals surface area contributed by atoms with Crippen LogP contribution in [0.15, 0.2) is 36.4 Å². The lowest BCUT2D eigenvalue weighted by Crippen LogP contribution is -2.43. The summed E-state index contributed by atoms with van der Waals surface area (Å²) in [6.07, 6.45) is 0. The van der Waals surface area contributed by atoms with Gasteiger partial charge in [0.05, 0.1) is 0 Å². The SMILES string of the molecule is [B]c1cccc2c1sc1ccc(OC(C)(C)C(N)=O)cc12. The molecule has 0 aliphatic rings. The molecule has 0 aliphatic heterocycles. The van der Waals surface area contributed by atoms with E-state index < -0.39 is 11.5 Å². The average molecular weight is 295 g/mol. The molecule has 1 heterocycles. The molecule has 3 aromatic rings. The second kappa shape index (κ2) is 4.77. The van der Waals surface area contributed by atoms with E-state index in [0.29, 0.717) is 5.75 Å². The molecule has 2 N–H and O–H groups in total. The number of nitrogens with two attached hydrogens (primary N) is 1. The van der Waals surface area contributed by atoms with Crippen LogP contribution in [0.2, 0.25) is 0 Å². The Labute approximate surface area is 128 Å². The van der Waals surface area contributed by atoms with Gasteiger partial charge in [0.15, 0.2) is 5.60 Å². The molecule has 2 radical (unpaired) electrons. The van der Waals surface area contributed by atoms with Crippen molar-refractivity contribution in [3.8, 4) is 5.75 Å². The van der Waals surface area contributed by atoms with Crippen LogP contribution in [0, 0.1) is 0 Å². The third-order valence-corrected chi connectivity index (χ3v) is 4.70. The van der Waals surface area contributed by atoms with Gasteiger partial charge in [0.25, 0.3) is 5.91 Å². The van der Waals surface area contributed by atoms with Crippen molar-refractivity contribution in [2.75, 3.05) is 0 Å². The lowest BCUT2D eigenvalue weighted by Gasteiger charge is -2.22. The normalized spacial score (nSPS) is 11.9. The molecular formula is C16H14BNO2S. The van der Waals surface area contributed by atoms with Crippen molar-refractivity contribution < 1.29 is 9.53 Å². The highest BCUT2D eigenvalue weighted by atomic mass is 32.1. The van der Waals surface area contributed by atoms with Crippen molar-refractivity contribution in [3.05, 3.63) is 36.4 Å². The van der Waals surface area contributed by atoms with E-state index in [1.807, 2.05) is 36.4 Å². The first-order valence-electron chi connectivity index (χ1n) is 6.58. The molecule has 0 fully saturated rings. The third kappa shape index (κ3) is 2.38. The topological polar surface area (TPSA) is 52.3 Å². The Bertz CT molecular complexity index is 854. The molecule has 0 saturated heterocycles. The van der Waals surface area contributed by atoms with Crippen LogP contribution in [0.5, 0.6) is 5.75 Å². The summed E-state index contributed by atoms with van der Waals surface area (Å²) < 4.78 is 7.92. The molecular weight excluding hydrogens is 281 g/mol. The molecule has 0 bridgehead atoms. The summed E-state index contributed by atoms with van der Waals surface area (Å²) in [5.41, 5.74) is 5.07. The Balaban J connectivity index is 2.14. The zero-order valence-electron chi connectivity index (χ0n) is 11.8. The maximum atomic E-state index is 11.4. The van der Waals surface area contributed by atoms with Crippen molar-refractivity contribution in [3.63, 3.8) is 0 Å². The van der Waals surface area contributed by atoms with Gasteiger partial charge >= 0.3 is 0 Å². The largest absolute Gasteiger partial charge is 0.478 e. The fourth-order valence-corrected chi connectivity index (χ4v) is 3.32. The second-order valence-corrected chi connectivity index (χ2v) is 6.51. The van der Waals surface area contributed by atoms with Gasteiger partial charge in [-0.1, -0.05) is 23.7 Å². The Morgan fingerprint density at radius 3 is 2.71 bits per heavy atom. The molecule has 5 heteroatoms. The van der Waals surface area contributed by atoms with Crippen LogP contribution >= 0.6 is 11.3 Å². The number of fused-ring (bicyclic) bond motifs is 3. The molecule has 3 rings (SSSR count). The molecule has 1 aromatic heterocycles. The van der Waals surface area contributed by atoms with E-state index in [2.05, 4.69) is 0 Å². The molecule has 0 aliphatic carbocycles. The van der Waals surface area contributed by atoms with Crippen LogP contribution in [0.3, 0.4) is 0 Å². The number of primary amides is 1. The molecule has 104 valence electrons. The van der Waals surface area contributed by atoms with E-state index in [-0.39, 0.29) is 0 Å². The number of carbonyl (C=O) groups excluding carboxylic acids is 1. The van der Waals surface area contributed by atoms with Crippen molar-refractivity contribution in [2.45, 2.75) is 19.4 Å². The molecule has 3 nitrogen and oxygen atoms in total. The van der Waals surface area contributed by atoms with Gasteiger partial charge in [0.2, 0.25) is 0 Å². The number of thiophene rings is 1. The number of ether oxygens (including phenoxy) is 1. The standard InChI is InChI=1S/C16H14BNO2S/c1-16(2,15(18)19)20-9-6-7-13-11(8-9)10-4-3-5-12(17)14(10)21-13/h3-8H,1-2H3,(H2,18,19). The lowest BCUT2D eigenvalue weighted by molar-refractivity contribution is -0.130. The van der Waals surface area contributed by atoms with E-state index >= 15 is 0 Å². The fraction of sp³-hybridized carbons (Fsp3) is 0.188. The number of amides is 1. The van der Waals surface area contributed by atoms with Crippen LogP contribution in [-0.4, -0.2) is 19.4 Å². The van der Waals surface area contributed by atoms with E-state index in [1.54, 1.807) is 25.2 Å². The van der Waals surface area contributed by atoms with Gasteiger partial charge in [-0.2, -0.15) is 0 Å². The monoisotopic (exact) mass is 295 g/mol. The Kier molecular flexibility index (Phi) is 3.17. The summed E-state index contributed by atoms with van der Waals surface area (Å²) in [7, 11) is 6.02. The number of rotatable bonds is 3. The van der Waals surface area contributed by atoms with E-state index in [0.717, 1.165) is 25.6 Å². The number of hydrogen-bond acceptors (Lipinski definition) is 3. The maximum absolute atomic E-state index is 11.4. The van der Waals surface area contributed by atoms with E-state index in [4.69, 9.17) is 18.3 Å². The maximum Gasteiger partial charge on any atom is 0.261 e. The van der Waals surface area contributed by atoms with Gasteiger partial charge in [0.1, 0.15) is 13.6 Å². The zero-order valence-corrected chi connectivity index (χ0v) is 12.7. The number of hydrogen-bond donors (Lipinski definition) is 1. The van der Waals surface area contributed by atoms with Gasteiger partial charge < -0.3 is 10.5 Å². The number of benzene rings is 2. The average Bonchev–Trinajstić information content (AvgIpc) is 2.78. The molecule has 0 atom stereocenters. The summed E-state index contributed by atoms with van der Waals surface area (Å²) in [6.45, 7) is 3.31. The van der Waals surface area contributed by atoms with Gasteiger partial charge in [-0.25, -0.2) is 0 Å². The van der Waals surface area contributed by atoms with Gasteiger partial charge in [-0.05, 0) is 37.4 Å². The first kappa shape index (κ1) is 14.0. The molecule has 1 amide bonds. The lowest BCUT2D eigenvalue weighted by atomic mass is 9.94. The zero-order chi connectivity index (χ0) is 15.2. The third-order valence-electron chi connectivity index (χ3n) is 3.47. The number of carbonyl (C=O) groups is 1. The van der Waals surface area contributed by atoms with Crippen molar-refractivity contribution in [1.29, 1.82) is 0 Å². The van der Waals surface area contributed by atoms with Gasteiger partial charge in [0, 0.05) is 14.8 Å². The Morgan fingerprint density at radius 2 is 2.00 bits per heavy atom. The van der Waals surface area contributed by atoms with Crippen LogP contribution < -0.4 is 15.9 Å². The van der Waals surface area contributed by atoms with Crippen LogP contribution in [0.4, 0.5) is 0 Å². The summed E-state index contributed by atoms with van der Waals surface area (Å²) in [5, 5.41) is 2.16. The minimum atomic E-state index is -1.04. The summed E-state index contributed by atoms with van der Waals surface area (Å²) in [6, 6.07) is 11.6. The Hall–Kier alpha value is -2.01. The van der Waals surface area contributed by atoms with Crippen LogP contribution in [0.25, 0.3) is 20.2 Å². The summed E-state index contributed by atoms with van der Waals surface area (Å²) in [5.74, 6) is 0.121. The predicted molar refractivity (Wildman–Crippen MR) is 88.6 cm³/mol. The highest BCUT2D eigenvalue weighted by Crippen LogP contribution is 2.35. The quantitative estimate of drug-likeness (QED) is 0.755. The summed E-state index contributed by atoms with van der Waals surface area (Å²) in [4.78, 5) is 11.4. The summed E-state index contributed by atoms with van der Waals surface area (Å²) >= 11 is 1.65. The predicted octanol–water partition coefficient (Wildman–Crippen LogP) is 2.49. The van der Waals surface area contributed by atoms with Crippen molar-refractivity contribution in [1.82, 2.24) is 0 Å². The molecule has 21 heavy (non-hydrogen) atoms. The fourth-order valence-electron chi connectivity index (χ4n) is 2.21. The first-order chi connectivity index (χ1) is 9.88. The van der Waals surface area contributed by atoms with Gasteiger partial charge in [-0.15, -0.1) is 11.3 Å². The minimum absolute atomic E-state index is 0.498. The Morgan fingerprint density at radius 1 is 1.24 bits per heavy atom. The van der Waals surface area contributed by atoms with Crippen LogP contribution in [-0.2, 0) is 4.79 Å². The molecule has 0 spiro atoms. The highest BCUT2D eigenvalue weighted by molar-refractivity contribution is 7.26. The van der Waals surface area contributed by atoms with Crippen molar-refractivity contribution in [2.24, 2.45) is 5.73 Å². The van der Waals surface area contributed by atoms with Crippen LogP contribution in [0.1, 0.15) is 13.8 Å². The van der Waals surface area contributed by atoms with E-state index in [1.165, 1.54) is 0 Å². The van der Waals surface area contributed by atoms with E-state index in [9.17, 15) is 4.79 Å². The highest BCUT2D eigenvalue weighted by Gasteiger charge is 2.27. The first-order valence-corrected chi connectivity index (χ1v) is 7.40. The molecule has 2 aromatic carbocycles. The van der Waals surface area contributed by atoms with Crippen molar-refractivity contribution >= 4 is 50.7 Å². The molecule has 0 saturated carbocycles. The second-order valence-electron chi connectivity index (χ2n) is 5.46. The molecule has 0 unspecified atom stereocenters. The smallest absolute Gasteiger partial charge is 0.261 e.